The predicted octanol–water partition coefficient (Wildman–Crippen LogP) is 4.06. The van der Waals surface area contributed by atoms with Crippen molar-refractivity contribution in [2.75, 3.05) is 13.2 Å². The lowest BCUT2D eigenvalue weighted by molar-refractivity contribution is 0.340. The summed E-state index contributed by atoms with van der Waals surface area (Å²) in [6.07, 6.45) is 0. The molecule has 0 aliphatic heterocycles. The smallest absolute Gasteiger partial charge is 0.131 e. The third kappa shape index (κ3) is 3.58. The van der Waals surface area contributed by atoms with Gasteiger partial charge in [0, 0.05) is 5.56 Å². The highest BCUT2D eigenvalue weighted by molar-refractivity contribution is 5.36. The van der Waals surface area contributed by atoms with Gasteiger partial charge in [-0.3, -0.25) is 0 Å². The minimum absolute atomic E-state index is 0.0449. The Bertz CT molecular complexity index is 564. The molecule has 0 aliphatic rings. The molecule has 0 fully saturated rings. The highest BCUT2D eigenvalue weighted by atomic mass is 19.1. The Labute approximate surface area is 123 Å². The lowest BCUT2D eigenvalue weighted by Gasteiger charge is -2.20. The average molecular weight is 291 g/mol. The maximum Gasteiger partial charge on any atom is 0.131 e. The van der Waals surface area contributed by atoms with Crippen LogP contribution in [0.1, 0.15) is 31.0 Å². The summed E-state index contributed by atoms with van der Waals surface area (Å²) >= 11 is 0. The summed E-state index contributed by atoms with van der Waals surface area (Å²) in [5, 5.41) is 3.13. The standard InChI is InChI=1S/C17H19F2NO/c1-3-20-17(16-14(18)6-5-7-15(16)19)12-8-10-13(11-9-12)21-4-2/h5-11,17,20H,3-4H2,1-2H3. The molecule has 0 aromatic heterocycles. The molecule has 2 nitrogen and oxygen atoms in total. The van der Waals surface area contributed by atoms with Crippen LogP contribution in [-0.4, -0.2) is 13.2 Å². The summed E-state index contributed by atoms with van der Waals surface area (Å²) in [5.74, 6) is -0.352. The van der Waals surface area contributed by atoms with Crippen molar-refractivity contribution in [2.24, 2.45) is 0 Å². The van der Waals surface area contributed by atoms with Crippen molar-refractivity contribution in [1.29, 1.82) is 0 Å². The number of benzene rings is 2. The van der Waals surface area contributed by atoms with Crippen LogP contribution in [0.5, 0.6) is 5.75 Å². The molecule has 0 radical (unpaired) electrons. The van der Waals surface area contributed by atoms with E-state index < -0.39 is 17.7 Å². The summed E-state index contributed by atoms with van der Waals surface area (Å²) in [6, 6.07) is 10.7. The van der Waals surface area contributed by atoms with E-state index in [1.54, 1.807) is 0 Å². The second kappa shape index (κ2) is 7.18. The molecule has 21 heavy (non-hydrogen) atoms. The zero-order valence-corrected chi connectivity index (χ0v) is 12.2. The number of nitrogens with one attached hydrogen (secondary N) is 1. The normalized spacial score (nSPS) is 12.2. The van der Waals surface area contributed by atoms with E-state index >= 15 is 0 Å². The number of halogens is 2. The molecule has 0 bridgehead atoms. The van der Waals surface area contributed by atoms with Crippen molar-refractivity contribution in [2.45, 2.75) is 19.9 Å². The van der Waals surface area contributed by atoms with E-state index in [9.17, 15) is 8.78 Å². The van der Waals surface area contributed by atoms with Gasteiger partial charge in [0.1, 0.15) is 17.4 Å². The first-order chi connectivity index (χ1) is 10.2. The highest BCUT2D eigenvalue weighted by Gasteiger charge is 2.21. The summed E-state index contributed by atoms with van der Waals surface area (Å²) in [7, 11) is 0. The Hall–Kier alpha value is -1.94. The minimum Gasteiger partial charge on any atom is -0.494 e. The van der Waals surface area contributed by atoms with Gasteiger partial charge in [-0.05, 0) is 43.3 Å². The van der Waals surface area contributed by atoms with Crippen molar-refractivity contribution in [3.8, 4) is 5.75 Å². The molecule has 2 aromatic carbocycles. The van der Waals surface area contributed by atoms with Crippen LogP contribution in [0.4, 0.5) is 8.78 Å². The molecule has 2 aromatic rings. The Morgan fingerprint density at radius 2 is 1.62 bits per heavy atom. The summed E-state index contributed by atoms with van der Waals surface area (Å²) in [4.78, 5) is 0. The molecule has 0 heterocycles. The molecular formula is C17H19F2NO. The Kier molecular flexibility index (Phi) is 5.28. The molecule has 0 amide bonds. The summed E-state index contributed by atoms with van der Waals surface area (Å²) in [6.45, 7) is 4.99. The minimum atomic E-state index is -0.546. The van der Waals surface area contributed by atoms with Crippen LogP contribution < -0.4 is 10.1 Å². The number of rotatable bonds is 6. The Morgan fingerprint density at radius 1 is 1.00 bits per heavy atom. The molecule has 1 N–H and O–H groups in total. The zero-order valence-electron chi connectivity index (χ0n) is 12.2. The van der Waals surface area contributed by atoms with Gasteiger partial charge >= 0.3 is 0 Å². The Morgan fingerprint density at radius 3 is 2.14 bits per heavy atom. The fraction of sp³-hybridized carbons (Fsp3) is 0.294. The van der Waals surface area contributed by atoms with Gasteiger partial charge in [-0.15, -0.1) is 0 Å². The van der Waals surface area contributed by atoms with Crippen molar-refractivity contribution in [1.82, 2.24) is 5.32 Å². The second-order valence-electron chi connectivity index (χ2n) is 4.63. The topological polar surface area (TPSA) is 21.3 Å². The van der Waals surface area contributed by atoms with Crippen molar-refractivity contribution in [3.63, 3.8) is 0 Å². The third-order valence-electron chi connectivity index (χ3n) is 3.22. The molecule has 0 saturated carbocycles. The molecule has 112 valence electrons. The Balaban J connectivity index is 2.38. The predicted molar refractivity (Wildman–Crippen MR) is 79.5 cm³/mol. The van der Waals surface area contributed by atoms with Gasteiger partial charge in [-0.2, -0.15) is 0 Å². The second-order valence-corrected chi connectivity index (χ2v) is 4.63. The molecule has 2 rings (SSSR count). The van der Waals surface area contributed by atoms with E-state index in [4.69, 9.17) is 4.74 Å². The van der Waals surface area contributed by atoms with Crippen LogP contribution in [0, 0.1) is 11.6 Å². The first-order valence-electron chi connectivity index (χ1n) is 7.07. The molecule has 4 heteroatoms. The van der Waals surface area contributed by atoms with Gasteiger partial charge in [0.15, 0.2) is 0 Å². The molecule has 1 unspecified atom stereocenters. The van der Waals surface area contributed by atoms with Crippen LogP contribution in [0.2, 0.25) is 0 Å². The largest absolute Gasteiger partial charge is 0.494 e. The van der Waals surface area contributed by atoms with E-state index in [-0.39, 0.29) is 5.56 Å². The van der Waals surface area contributed by atoms with E-state index in [1.165, 1.54) is 18.2 Å². The van der Waals surface area contributed by atoms with Crippen LogP contribution in [0.3, 0.4) is 0 Å². The molecular weight excluding hydrogens is 272 g/mol. The van der Waals surface area contributed by atoms with Gasteiger partial charge < -0.3 is 10.1 Å². The molecule has 0 aliphatic carbocycles. The monoisotopic (exact) mass is 291 g/mol. The van der Waals surface area contributed by atoms with Gasteiger partial charge in [0.05, 0.1) is 12.6 Å². The van der Waals surface area contributed by atoms with Crippen molar-refractivity contribution < 1.29 is 13.5 Å². The van der Waals surface area contributed by atoms with Crippen LogP contribution >= 0.6 is 0 Å². The van der Waals surface area contributed by atoms with E-state index in [0.29, 0.717) is 13.2 Å². The first-order valence-corrected chi connectivity index (χ1v) is 7.07. The van der Waals surface area contributed by atoms with Gasteiger partial charge in [-0.1, -0.05) is 25.1 Å². The fourth-order valence-corrected chi connectivity index (χ4v) is 2.30. The number of ether oxygens (including phenoxy) is 1. The third-order valence-corrected chi connectivity index (χ3v) is 3.22. The first kappa shape index (κ1) is 15.4. The van der Waals surface area contributed by atoms with Crippen LogP contribution in [-0.2, 0) is 0 Å². The summed E-state index contributed by atoms with van der Waals surface area (Å²) in [5.41, 5.74) is 0.841. The van der Waals surface area contributed by atoms with E-state index in [2.05, 4.69) is 5.32 Å². The molecule has 0 saturated heterocycles. The fourth-order valence-electron chi connectivity index (χ4n) is 2.30. The van der Waals surface area contributed by atoms with Crippen LogP contribution in [0.25, 0.3) is 0 Å². The quantitative estimate of drug-likeness (QED) is 0.866. The van der Waals surface area contributed by atoms with Crippen LogP contribution in [0.15, 0.2) is 42.5 Å². The number of hydrogen-bond donors (Lipinski definition) is 1. The van der Waals surface area contributed by atoms with Crippen molar-refractivity contribution >= 4 is 0 Å². The SMILES string of the molecule is CCNC(c1ccc(OCC)cc1)c1c(F)cccc1F. The van der Waals surface area contributed by atoms with Gasteiger partial charge in [-0.25, -0.2) is 8.78 Å². The molecule has 1 atom stereocenters. The highest BCUT2D eigenvalue weighted by Crippen LogP contribution is 2.28. The zero-order chi connectivity index (χ0) is 15.2. The number of hydrogen-bond acceptors (Lipinski definition) is 2. The van der Waals surface area contributed by atoms with Crippen molar-refractivity contribution in [3.05, 3.63) is 65.2 Å². The maximum absolute atomic E-state index is 14.0. The van der Waals surface area contributed by atoms with E-state index in [1.807, 2.05) is 38.1 Å². The lowest BCUT2D eigenvalue weighted by Crippen LogP contribution is -2.24. The van der Waals surface area contributed by atoms with E-state index in [0.717, 1.165) is 11.3 Å². The van der Waals surface area contributed by atoms with Gasteiger partial charge in [0.25, 0.3) is 0 Å². The maximum atomic E-state index is 14.0. The average Bonchev–Trinajstić information content (AvgIpc) is 2.47. The summed E-state index contributed by atoms with van der Waals surface area (Å²) < 4.78 is 33.4. The van der Waals surface area contributed by atoms with Gasteiger partial charge in [0.2, 0.25) is 0 Å². The molecule has 0 spiro atoms. The lowest BCUT2D eigenvalue weighted by atomic mass is 9.97.